The van der Waals surface area contributed by atoms with Crippen LogP contribution in [-0.2, 0) is 0 Å². The molecule has 0 saturated carbocycles. The third-order valence-electron chi connectivity index (χ3n) is 0.900. The molecule has 1 saturated heterocycles. The van der Waals surface area contributed by atoms with E-state index in [-0.39, 0.29) is 4.05 Å². The Balaban J connectivity index is 2.20. The van der Waals surface area contributed by atoms with Gasteiger partial charge in [-0.3, -0.25) is 0 Å². The Labute approximate surface area is 50.2 Å². The van der Waals surface area contributed by atoms with Gasteiger partial charge in [0, 0.05) is 0 Å². The molecule has 6 heavy (non-hydrogen) atoms. The molecule has 0 aromatic rings. The maximum absolute atomic E-state index is 10.1. The van der Waals surface area contributed by atoms with Gasteiger partial charge in [-0.15, -0.1) is 0 Å². The highest BCUT2D eigenvalue weighted by atomic mass is 127. The van der Waals surface area contributed by atoms with E-state index in [0.29, 0.717) is 0 Å². The van der Waals surface area contributed by atoms with Crippen LogP contribution in [0.15, 0.2) is 0 Å². The van der Waals surface area contributed by atoms with Crippen molar-refractivity contribution in [1.82, 2.24) is 5.06 Å². The van der Waals surface area contributed by atoms with Gasteiger partial charge >= 0.3 is 0 Å². The van der Waals surface area contributed by atoms with Crippen molar-refractivity contribution in [1.29, 1.82) is 0 Å². The average molecular weight is 198 g/mol. The first kappa shape index (κ1) is 4.80. The van der Waals surface area contributed by atoms with Gasteiger partial charge in [0.05, 0.1) is 4.05 Å². The normalized spacial score (nSPS) is 36.0. The maximum atomic E-state index is 10.1. The highest BCUT2D eigenvalue weighted by molar-refractivity contribution is 14.1. The molecule has 1 aliphatic heterocycles. The molecule has 1 atom stereocenters. The van der Waals surface area contributed by atoms with Crippen LogP contribution in [0, 0.1) is 5.21 Å². The van der Waals surface area contributed by atoms with Crippen molar-refractivity contribution in [3.05, 3.63) is 5.21 Å². The van der Waals surface area contributed by atoms with Crippen LogP contribution in [0.1, 0.15) is 6.42 Å². The van der Waals surface area contributed by atoms with Gasteiger partial charge < -0.3 is 10.3 Å². The fourth-order valence-electron chi connectivity index (χ4n) is 0.332. The summed E-state index contributed by atoms with van der Waals surface area (Å²) in [5.41, 5.74) is 0. The first-order valence-corrected chi connectivity index (χ1v) is 3.13. The molecule has 36 valence electrons. The lowest BCUT2D eigenvalue weighted by molar-refractivity contribution is 0.247. The molecule has 2 nitrogen and oxygen atoms in total. The number of alkyl halides is 1. The second-order valence-electron chi connectivity index (χ2n) is 1.36. The zero-order chi connectivity index (χ0) is 4.57. The number of nitrogens with zero attached hydrogens (tertiary/aromatic N) is 1. The topological polar surface area (TPSA) is 26.3 Å². The Hall–Kier alpha value is 0.650. The Morgan fingerprint density at radius 1 is 1.83 bits per heavy atom. The smallest absolute Gasteiger partial charge is 0.0517 e. The molecule has 0 spiro atoms. The van der Waals surface area contributed by atoms with E-state index in [9.17, 15) is 5.21 Å². The SMILES string of the molecule is [O-]N1CCC1I. The van der Waals surface area contributed by atoms with Crippen molar-refractivity contribution in [2.45, 2.75) is 10.5 Å². The fourth-order valence-corrected chi connectivity index (χ4v) is 0.889. The Kier molecular flexibility index (Phi) is 1.31. The van der Waals surface area contributed by atoms with E-state index < -0.39 is 0 Å². The van der Waals surface area contributed by atoms with Gasteiger partial charge in [-0.25, -0.2) is 0 Å². The number of rotatable bonds is 0. The van der Waals surface area contributed by atoms with Crippen molar-refractivity contribution >= 4 is 22.6 Å². The predicted molar refractivity (Wildman–Crippen MR) is 32.5 cm³/mol. The first-order valence-electron chi connectivity index (χ1n) is 1.88. The first-order chi connectivity index (χ1) is 2.80. The van der Waals surface area contributed by atoms with Gasteiger partial charge in [0.15, 0.2) is 0 Å². The summed E-state index contributed by atoms with van der Waals surface area (Å²) >= 11 is 2.13. The number of hydroxylamine groups is 2. The summed E-state index contributed by atoms with van der Waals surface area (Å²) in [7, 11) is 0. The van der Waals surface area contributed by atoms with Crippen LogP contribution < -0.4 is 0 Å². The van der Waals surface area contributed by atoms with E-state index in [4.69, 9.17) is 0 Å². The largest absolute Gasteiger partial charge is 0.784 e. The van der Waals surface area contributed by atoms with E-state index in [2.05, 4.69) is 22.6 Å². The van der Waals surface area contributed by atoms with Gasteiger partial charge in [-0.05, 0) is 13.0 Å². The standard InChI is InChI=1S/C3H5INO/c4-3-1-2-5(3)6/h3H,1-2H2/q-1. The van der Waals surface area contributed by atoms with Crippen LogP contribution in [0.3, 0.4) is 0 Å². The maximum Gasteiger partial charge on any atom is 0.0517 e. The van der Waals surface area contributed by atoms with Gasteiger partial charge in [0.2, 0.25) is 0 Å². The van der Waals surface area contributed by atoms with Crippen LogP contribution >= 0.6 is 22.6 Å². The molecule has 0 aromatic carbocycles. The summed E-state index contributed by atoms with van der Waals surface area (Å²) in [6.45, 7) is 0.744. The molecular weight excluding hydrogens is 193 g/mol. The molecule has 1 aliphatic rings. The summed E-state index contributed by atoms with van der Waals surface area (Å²) in [6.07, 6.45) is 1.07. The van der Waals surface area contributed by atoms with Gasteiger partial charge in [0.25, 0.3) is 0 Å². The van der Waals surface area contributed by atoms with Crippen LogP contribution in [0.2, 0.25) is 0 Å². The molecule has 0 N–H and O–H groups in total. The molecule has 0 amide bonds. The van der Waals surface area contributed by atoms with Gasteiger partial charge in [-0.2, -0.15) is 0 Å². The molecule has 3 heteroatoms. The van der Waals surface area contributed by atoms with Gasteiger partial charge in [-0.1, -0.05) is 22.6 Å². The second-order valence-corrected chi connectivity index (χ2v) is 2.80. The van der Waals surface area contributed by atoms with Crippen molar-refractivity contribution in [2.24, 2.45) is 0 Å². The lowest BCUT2D eigenvalue weighted by Crippen LogP contribution is -2.38. The highest BCUT2D eigenvalue weighted by Gasteiger charge is 2.14. The molecule has 1 fully saturated rings. The minimum atomic E-state index is 0.280. The van der Waals surface area contributed by atoms with Crippen molar-refractivity contribution in [2.75, 3.05) is 6.54 Å². The zero-order valence-corrected chi connectivity index (χ0v) is 5.38. The summed E-state index contributed by atoms with van der Waals surface area (Å²) in [5.74, 6) is 0. The van der Waals surface area contributed by atoms with E-state index in [0.717, 1.165) is 18.0 Å². The predicted octanol–water partition coefficient (Wildman–Crippen LogP) is 0.951. The van der Waals surface area contributed by atoms with Crippen molar-refractivity contribution < 1.29 is 0 Å². The minimum Gasteiger partial charge on any atom is -0.784 e. The van der Waals surface area contributed by atoms with Crippen molar-refractivity contribution in [3.63, 3.8) is 0 Å². The lowest BCUT2D eigenvalue weighted by Gasteiger charge is -2.42. The van der Waals surface area contributed by atoms with Gasteiger partial charge in [0.1, 0.15) is 0 Å². The molecule has 0 aliphatic carbocycles. The third-order valence-corrected chi connectivity index (χ3v) is 2.14. The van der Waals surface area contributed by atoms with E-state index in [1.807, 2.05) is 0 Å². The number of halogens is 1. The molecule has 0 aromatic heterocycles. The van der Waals surface area contributed by atoms with E-state index >= 15 is 0 Å². The molecule has 0 radical (unpaired) electrons. The van der Waals surface area contributed by atoms with Crippen LogP contribution in [0.5, 0.6) is 0 Å². The third kappa shape index (κ3) is 0.665. The fraction of sp³-hybridized carbons (Fsp3) is 1.00. The summed E-state index contributed by atoms with van der Waals surface area (Å²) in [5, 5.41) is 11.2. The minimum absolute atomic E-state index is 0.280. The van der Waals surface area contributed by atoms with Crippen molar-refractivity contribution in [3.8, 4) is 0 Å². The Morgan fingerprint density at radius 3 is 2.33 bits per heavy atom. The lowest BCUT2D eigenvalue weighted by atomic mass is 10.3. The molecule has 1 unspecified atom stereocenters. The van der Waals surface area contributed by atoms with E-state index in [1.165, 1.54) is 0 Å². The summed E-state index contributed by atoms with van der Waals surface area (Å²) in [6, 6.07) is 0. The molecule has 1 rings (SSSR count). The Bertz CT molecular complexity index is 50.8. The molecule has 1 heterocycles. The monoisotopic (exact) mass is 198 g/mol. The summed E-state index contributed by atoms with van der Waals surface area (Å²) < 4.78 is 0.280. The molecule has 0 bridgehead atoms. The van der Waals surface area contributed by atoms with E-state index in [1.54, 1.807) is 0 Å². The number of hydrogen-bond acceptors (Lipinski definition) is 2. The zero-order valence-electron chi connectivity index (χ0n) is 3.22. The second kappa shape index (κ2) is 1.63. The highest BCUT2D eigenvalue weighted by Crippen LogP contribution is 2.20. The average Bonchev–Trinajstić information content (AvgIpc) is 1.61. The summed E-state index contributed by atoms with van der Waals surface area (Å²) in [4.78, 5) is 0. The van der Waals surface area contributed by atoms with Crippen LogP contribution in [0.4, 0.5) is 0 Å². The van der Waals surface area contributed by atoms with Crippen LogP contribution in [0.25, 0.3) is 0 Å². The molecular formula is C3H5INO-. The quantitative estimate of drug-likeness (QED) is 0.329. The Morgan fingerprint density at radius 2 is 2.33 bits per heavy atom. The number of hydrogen-bond donors (Lipinski definition) is 0. The van der Waals surface area contributed by atoms with Crippen LogP contribution in [-0.4, -0.2) is 15.7 Å².